The maximum absolute atomic E-state index is 14.8. The third-order valence-corrected chi connectivity index (χ3v) is 12.4. The van der Waals surface area contributed by atoms with E-state index in [1.54, 1.807) is 20.8 Å². The topological polar surface area (TPSA) is 245 Å². The number of hydrogen-bond donors (Lipinski definition) is 6. The number of fused-ring (bicyclic) bond motifs is 2. The number of rotatable bonds is 7. The van der Waals surface area contributed by atoms with Gasteiger partial charge in [0.15, 0.2) is 5.76 Å². The summed E-state index contributed by atoms with van der Waals surface area (Å²) in [7, 11) is 1.04. The second-order valence-electron chi connectivity index (χ2n) is 15.1. The van der Waals surface area contributed by atoms with E-state index in [-0.39, 0.29) is 18.1 Å². The molecule has 2 saturated carbocycles. The number of Topliss-reactive ketones (excluding diaryl/α,β-unsaturated/α-hetero) is 1. The molecule has 2 bridgehead atoms. The number of hydrogen-bond acceptors (Lipinski definition) is 16. The number of aliphatic hydroxyl groups is 6. The van der Waals surface area contributed by atoms with E-state index in [2.05, 4.69) is 0 Å². The van der Waals surface area contributed by atoms with Crippen molar-refractivity contribution in [2.24, 2.45) is 40.4 Å². The van der Waals surface area contributed by atoms with Crippen molar-refractivity contribution in [3.8, 4) is 0 Å². The van der Waals surface area contributed by atoms with Crippen LogP contribution < -0.4 is 0 Å². The summed E-state index contributed by atoms with van der Waals surface area (Å²) < 4.78 is 34.3. The molecule has 0 aromatic rings. The van der Waals surface area contributed by atoms with Crippen molar-refractivity contribution in [1.29, 1.82) is 0 Å². The van der Waals surface area contributed by atoms with Gasteiger partial charge in [-0.3, -0.25) is 4.79 Å². The maximum atomic E-state index is 14.8. The van der Waals surface area contributed by atoms with Gasteiger partial charge in [-0.15, -0.1) is 0 Å². The number of allylic oxidation sites excluding steroid dienone is 3. The zero-order valence-electron chi connectivity index (χ0n) is 28.6. The lowest BCUT2D eigenvalue weighted by atomic mass is 9.37. The van der Waals surface area contributed by atoms with Gasteiger partial charge in [0.25, 0.3) is 0 Å². The normalized spacial score (nSPS) is 48.2. The van der Waals surface area contributed by atoms with Crippen LogP contribution in [0.4, 0.5) is 0 Å². The Bertz CT molecular complexity index is 1490. The molecule has 3 aliphatic carbocycles. The SMILES string of the molecule is COC(=O)[C@@]12OCC34C([C@@H](O)C1O)[C@@]1(C)C(=O)C(O[C@@H]5O[C@H](CO)[C@@H](O)[C@H](O)[C@H]5O)=CC(C)C1C[C@H]3OC(=O)[C@H](OC(=O)/C=C(\C)C(C)C)[C@H]42. The Hall–Kier alpha value is -2.96. The highest BCUT2D eigenvalue weighted by Gasteiger charge is 2.86. The van der Waals surface area contributed by atoms with E-state index in [0.29, 0.717) is 5.57 Å². The van der Waals surface area contributed by atoms with E-state index in [9.17, 15) is 49.8 Å². The largest absolute Gasteiger partial charge is 0.467 e. The number of methoxy groups -OCH3 is 1. The molecule has 16 heteroatoms. The summed E-state index contributed by atoms with van der Waals surface area (Å²) in [6.45, 7) is 7.61. The molecule has 5 unspecified atom stereocenters. The maximum Gasteiger partial charge on any atom is 0.348 e. The first-order valence-corrected chi connectivity index (χ1v) is 16.8. The van der Waals surface area contributed by atoms with Crippen LogP contribution in [0.15, 0.2) is 23.5 Å². The summed E-state index contributed by atoms with van der Waals surface area (Å²) in [6.07, 6.45) is -12.3. The summed E-state index contributed by atoms with van der Waals surface area (Å²) in [5, 5.41) is 64.8. The smallest absolute Gasteiger partial charge is 0.348 e. The molecule has 16 nitrogen and oxygen atoms in total. The van der Waals surface area contributed by atoms with Gasteiger partial charge in [0.05, 0.1) is 32.3 Å². The standard InChI is InChI=1S/C34H46O16/c1-12(2)13(3)8-19(36)50-24-26-33-11-46-34(26,31(44)45-6)28(42)23(40)25(33)32(5)15(9-18(33)49-29(24)43)14(4)7-16(27(32)41)47-30-22(39)21(38)20(37)17(10-35)48-30/h7-8,12,14-15,17-18,20-26,28,30,35,37-40,42H,9-11H2,1-6H3/b13-8+/t14?,15?,17-,18-,20-,21+,22-,23-,24-,25?,26-,28?,30-,32+,33?,34+/m1/s1. The van der Waals surface area contributed by atoms with Gasteiger partial charge in [-0.25, -0.2) is 14.4 Å². The Morgan fingerprint density at radius 1 is 1.06 bits per heavy atom. The van der Waals surface area contributed by atoms with Gasteiger partial charge < -0.3 is 59.1 Å². The number of aliphatic hydroxyl groups excluding tert-OH is 6. The molecule has 0 aromatic heterocycles. The first-order chi connectivity index (χ1) is 23.4. The molecule has 50 heavy (non-hydrogen) atoms. The minimum Gasteiger partial charge on any atom is -0.467 e. The van der Waals surface area contributed by atoms with Gasteiger partial charge in [0, 0.05) is 22.8 Å². The molecule has 1 spiro atoms. The van der Waals surface area contributed by atoms with Crippen LogP contribution >= 0.6 is 0 Å². The average molecular weight is 711 g/mol. The van der Waals surface area contributed by atoms with Crippen LogP contribution in [0.1, 0.15) is 41.0 Å². The lowest BCUT2D eigenvalue weighted by molar-refractivity contribution is -0.297. The Morgan fingerprint density at radius 2 is 1.74 bits per heavy atom. The van der Waals surface area contributed by atoms with Crippen molar-refractivity contribution in [1.82, 2.24) is 0 Å². The van der Waals surface area contributed by atoms with Crippen molar-refractivity contribution >= 4 is 23.7 Å². The van der Waals surface area contributed by atoms with Crippen LogP contribution in [0.3, 0.4) is 0 Å². The second-order valence-corrected chi connectivity index (χ2v) is 15.1. The number of esters is 3. The summed E-state index contributed by atoms with van der Waals surface area (Å²) in [4.78, 5) is 55.4. The third kappa shape index (κ3) is 4.86. The summed E-state index contributed by atoms with van der Waals surface area (Å²) in [5.41, 5.74) is -4.95. The second kappa shape index (κ2) is 12.6. The Morgan fingerprint density at radius 3 is 2.36 bits per heavy atom. The summed E-state index contributed by atoms with van der Waals surface area (Å²) >= 11 is 0. The molecule has 6 rings (SSSR count). The molecule has 6 aliphatic rings. The van der Waals surface area contributed by atoms with E-state index in [1.807, 2.05) is 13.8 Å². The van der Waals surface area contributed by atoms with E-state index < -0.39 is 132 Å². The van der Waals surface area contributed by atoms with Crippen LogP contribution in [0.2, 0.25) is 0 Å². The lowest BCUT2D eigenvalue weighted by Crippen LogP contribution is -2.80. The van der Waals surface area contributed by atoms with E-state index in [0.717, 1.165) is 7.11 Å². The molecule has 278 valence electrons. The molecular formula is C34H46O16. The third-order valence-electron chi connectivity index (χ3n) is 12.4. The fraction of sp³-hybridized carbons (Fsp3) is 0.765. The number of carbonyl (C=O) groups excluding carboxylic acids is 4. The Kier molecular flexibility index (Phi) is 9.29. The Labute approximate surface area is 287 Å². The number of ketones is 1. The van der Waals surface area contributed by atoms with E-state index in [4.69, 9.17) is 28.4 Å². The molecule has 0 aromatic carbocycles. The van der Waals surface area contributed by atoms with Crippen LogP contribution in [-0.4, -0.2) is 135 Å². The summed E-state index contributed by atoms with van der Waals surface area (Å²) in [6, 6.07) is 0. The van der Waals surface area contributed by atoms with Gasteiger partial charge in [0.2, 0.25) is 23.8 Å². The van der Waals surface area contributed by atoms with E-state index >= 15 is 0 Å². The van der Waals surface area contributed by atoms with Crippen molar-refractivity contribution in [3.05, 3.63) is 23.5 Å². The molecule has 16 atom stereocenters. The highest BCUT2D eigenvalue weighted by Crippen LogP contribution is 2.72. The average Bonchev–Trinajstić information content (AvgIpc) is 3.38. The molecule has 3 heterocycles. The first kappa shape index (κ1) is 36.8. The van der Waals surface area contributed by atoms with Gasteiger partial charge in [0.1, 0.15) is 36.6 Å². The molecular weight excluding hydrogens is 664 g/mol. The van der Waals surface area contributed by atoms with Gasteiger partial charge in [-0.2, -0.15) is 0 Å². The number of ether oxygens (including phenoxy) is 6. The monoisotopic (exact) mass is 710 g/mol. The van der Waals surface area contributed by atoms with Crippen LogP contribution in [0.25, 0.3) is 0 Å². The van der Waals surface area contributed by atoms with Gasteiger partial charge in [-0.05, 0) is 37.2 Å². The van der Waals surface area contributed by atoms with Crippen LogP contribution in [-0.2, 0) is 47.6 Å². The predicted octanol–water partition coefficient (Wildman–Crippen LogP) is -1.73. The first-order valence-electron chi connectivity index (χ1n) is 16.8. The molecule has 6 N–H and O–H groups in total. The van der Waals surface area contributed by atoms with Crippen molar-refractivity contribution in [2.45, 2.75) is 102 Å². The fourth-order valence-corrected chi connectivity index (χ4v) is 9.71. The summed E-state index contributed by atoms with van der Waals surface area (Å²) in [5.74, 6) is -7.99. The van der Waals surface area contributed by atoms with Crippen molar-refractivity contribution < 1.29 is 78.2 Å². The van der Waals surface area contributed by atoms with Crippen LogP contribution in [0.5, 0.6) is 0 Å². The molecule has 0 radical (unpaired) electrons. The molecule has 0 amide bonds. The highest BCUT2D eigenvalue weighted by atomic mass is 16.7. The van der Waals surface area contributed by atoms with Crippen molar-refractivity contribution in [2.75, 3.05) is 20.3 Å². The zero-order valence-corrected chi connectivity index (χ0v) is 28.6. The Balaban J connectivity index is 1.45. The minimum absolute atomic E-state index is 0.0391. The van der Waals surface area contributed by atoms with E-state index in [1.165, 1.54) is 12.2 Å². The molecule has 3 saturated heterocycles. The van der Waals surface area contributed by atoms with Gasteiger partial charge in [-0.1, -0.05) is 33.3 Å². The van der Waals surface area contributed by atoms with Gasteiger partial charge >= 0.3 is 17.9 Å². The minimum atomic E-state index is -2.39. The van der Waals surface area contributed by atoms with Crippen LogP contribution in [0, 0.1) is 40.4 Å². The highest BCUT2D eigenvalue weighted by molar-refractivity contribution is 6.00. The lowest BCUT2D eigenvalue weighted by Gasteiger charge is -2.67. The number of carbonyl (C=O) groups is 4. The van der Waals surface area contributed by atoms with Crippen molar-refractivity contribution in [3.63, 3.8) is 0 Å². The zero-order chi connectivity index (χ0) is 36.8. The quantitative estimate of drug-likeness (QED) is 0.0976. The predicted molar refractivity (Wildman–Crippen MR) is 164 cm³/mol. The molecule has 5 fully saturated rings. The molecule has 3 aliphatic heterocycles. The fourth-order valence-electron chi connectivity index (χ4n) is 9.71.